The van der Waals surface area contributed by atoms with Crippen LogP contribution in [0.4, 0.5) is 0 Å². The number of hydrogen-bond donors (Lipinski definition) is 0. The Hall–Kier alpha value is -0.840. The number of fused-ring (bicyclic) bond motifs is 1. The maximum Gasteiger partial charge on any atom is 0.262 e. The van der Waals surface area contributed by atoms with Crippen molar-refractivity contribution in [1.82, 2.24) is 4.98 Å². The number of aryl methyl sites for hydroxylation is 2. The Morgan fingerprint density at radius 3 is 2.47 bits per heavy atom. The molecule has 2 aromatic rings. The van der Waals surface area contributed by atoms with E-state index in [1.807, 2.05) is 6.92 Å². The van der Waals surface area contributed by atoms with Crippen LogP contribution in [0, 0.1) is 13.8 Å². The molecule has 0 atom stereocenters. The molecule has 0 bridgehead atoms. The van der Waals surface area contributed by atoms with Crippen molar-refractivity contribution in [3.8, 4) is 0 Å². The lowest BCUT2D eigenvalue weighted by Crippen LogP contribution is -1.98. The van der Waals surface area contributed by atoms with Gasteiger partial charge in [-0.05, 0) is 31.0 Å². The first-order chi connectivity index (χ1) is 7.82. The van der Waals surface area contributed by atoms with E-state index in [0.29, 0.717) is 16.3 Å². The molecule has 0 spiro atoms. The van der Waals surface area contributed by atoms with Crippen LogP contribution in [0.15, 0.2) is 23.2 Å². The molecular weight excluding hydrogens is 281 g/mol. The lowest BCUT2D eigenvalue weighted by atomic mass is 10.0. The number of halogens is 2. The van der Waals surface area contributed by atoms with Crippen molar-refractivity contribution in [3.63, 3.8) is 0 Å². The van der Waals surface area contributed by atoms with Gasteiger partial charge >= 0.3 is 0 Å². The lowest BCUT2D eigenvalue weighted by molar-refractivity contribution is 0.610. The van der Waals surface area contributed by atoms with Gasteiger partial charge in [-0.3, -0.25) is 0 Å². The summed E-state index contributed by atoms with van der Waals surface area (Å²) in [5, 5.41) is 1.41. The van der Waals surface area contributed by atoms with Gasteiger partial charge in [0.1, 0.15) is 5.15 Å². The molecule has 0 fully saturated rings. The van der Waals surface area contributed by atoms with E-state index in [2.05, 4.69) is 4.98 Å². The van der Waals surface area contributed by atoms with Crippen molar-refractivity contribution in [2.24, 2.45) is 0 Å². The maximum atomic E-state index is 11.6. The highest BCUT2D eigenvalue weighted by Gasteiger charge is 2.20. The summed E-state index contributed by atoms with van der Waals surface area (Å²) in [6.07, 6.45) is 1.47. The molecule has 0 aliphatic rings. The van der Waals surface area contributed by atoms with E-state index >= 15 is 0 Å². The number of pyridine rings is 1. The topological polar surface area (TPSA) is 47.0 Å². The largest absolute Gasteiger partial charge is 0.262 e. The number of hydrogen-bond acceptors (Lipinski definition) is 3. The molecule has 3 nitrogen and oxygen atoms in total. The normalized spacial score (nSPS) is 12.0. The average Bonchev–Trinajstić information content (AvgIpc) is 2.14. The van der Waals surface area contributed by atoms with Crippen LogP contribution in [0.3, 0.4) is 0 Å². The van der Waals surface area contributed by atoms with E-state index in [1.54, 1.807) is 19.1 Å². The van der Waals surface area contributed by atoms with Crippen LogP contribution in [0.25, 0.3) is 10.8 Å². The molecule has 6 heteroatoms. The molecule has 0 aliphatic heterocycles. The number of benzene rings is 1. The van der Waals surface area contributed by atoms with Crippen molar-refractivity contribution < 1.29 is 8.42 Å². The predicted octanol–water partition coefficient (Wildman–Crippen LogP) is 3.43. The minimum absolute atomic E-state index is 0.101. The molecule has 0 aliphatic carbocycles. The van der Waals surface area contributed by atoms with E-state index in [0.717, 1.165) is 5.56 Å². The van der Waals surface area contributed by atoms with Crippen molar-refractivity contribution in [3.05, 3.63) is 34.6 Å². The van der Waals surface area contributed by atoms with Gasteiger partial charge in [0.2, 0.25) is 0 Å². The summed E-state index contributed by atoms with van der Waals surface area (Å²) in [6, 6.07) is 3.35. The molecule has 1 heterocycles. The van der Waals surface area contributed by atoms with E-state index in [-0.39, 0.29) is 10.0 Å². The van der Waals surface area contributed by atoms with E-state index < -0.39 is 9.05 Å². The summed E-state index contributed by atoms with van der Waals surface area (Å²) in [6.45, 7) is 3.56. The Bertz CT molecular complexity index is 711. The SMILES string of the molecule is Cc1cc(C)c2c(Cl)nccc2c1S(=O)(=O)Cl. The molecule has 1 aromatic heterocycles. The summed E-state index contributed by atoms with van der Waals surface area (Å²) in [5.74, 6) is 0. The Labute approximate surface area is 109 Å². The summed E-state index contributed by atoms with van der Waals surface area (Å²) in [7, 11) is 1.65. The Morgan fingerprint density at radius 1 is 1.24 bits per heavy atom. The van der Waals surface area contributed by atoms with Crippen LogP contribution in [0.5, 0.6) is 0 Å². The second-order valence-corrected chi connectivity index (χ2v) is 6.66. The molecule has 0 N–H and O–H groups in total. The van der Waals surface area contributed by atoms with Crippen LogP contribution in [-0.2, 0) is 9.05 Å². The van der Waals surface area contributed by atoms with E-state index in [4.69, 9.17) is 22.3 Å². The zero-order chi connectivity index (χ0) is 12.8. The van der Waals surface area contributed by atoms with Gasteiger partial charge < -0.3 is 0 Å². The minimum Gasteiger partial charge on any atom is -0.244 e. The highest BCUT2D eigenvalue weighted by Crippen LogP contribution is 2.34. The van der Waals surface area contributed by atoms with E-state index in [9.17, 15) is 8.42 Å². The highest BCUT2D eigenvalue weighted by molar-refractivity contribution is 8.14. The van der Waals surface area contributed by atoms with Gasteiger partial charge in [-0.25, -0.2) is 13.4 Å². The van der Waals surface area contributed by atoms with Crippen molar-refractivity contribution >= 4 is 42.1 Å². The molecule has 0 saturated carbocycles. The van der Waals surface area contributed by atoms with Gasteiger partial charge in [0, 0.05) is 27.7 Å². The molecule has 90 valence electrons. The average molecular weight is 290 g/mol. The van der Waals surface area contributed by atoms with Crippen molar-refractivity contribution in [2.45, 2.75) is 18.7 Å². The van der Waals surface area contributed by atoms with Gasteiger partial charge in [0.15, 0.2) is 0 Å². The van der Waals surface area contributed by atoms with Crippen molar-refractivity contribution in [2.75, 3.05) is 0 Å². The number of nitrogens with zero attached hydrogens (tertiary/aromatic N) is 1. The minimum atomic E-state index is -3.81. The molecule has 2 rings (SSSR count). The number of rotatable bonds is 1. The maximum absolute atomic E-state index is 11.6. The van der Waals surface area contributed by atoms with Crippen LogP contribution in [-0.4, -0.2) is 13.4 Å². The Kier molecular flexibility index (Phi) is 3.06. The summed E-state index contributed by atoms with van der Waals surface area (Å²) < 4.78 is 23.2. The van der Waals surface area contributed by atoms with Crippen LogP contribution >= 0.6 is 22.3 Å². The molecule has 0 amide bonds. The van der Waals surface area contributed by atoms with Crippen LogP contribution in [0.1, 0.15) is 11.1 Å². The van der Waals surface area contributed by atoms with Gasteiger partial charge in [-0.1, -0.05) is 17.7 Å². The van der Waals surface area contributed by atoms with Crippen LogP contribution in [0.2, 0.25) is 5.15 Å². The molecule has 0 radical (unpaired) electrons. The fourth-order valence-electron chi connectivity index (χ4n) is 2.00. The highest BCUT2D eigenvalue weighted by atomic mass is 35.7. The lowest BCUT2D eigenvalue weighted by Gasteiger charge is -2.10. The fourth-order valence-corrected chi connectivity index (χ4v) is 3.80. The Morgan fingerprint density at radius 2 is 1.88 bits per heavy atom. The molecular formula is C11H9Cl2NO2S. The third kappa shape index (κ3) is 2.12. The molecule has 0 unspecified atom stereocenters. The van der Waals surface area contributed by atoms with Crippen LogP contribution < -0.4 is 0 Å². The number of aromatic nitrogens is 1. The third-order valence-corrected chi connectivity index (χ3v) is 4.36. The standard InChI is InChI=1S/C11H9Cl2NO2S/c1-6-5-7(2)10(17(13,15)16)8-3-4-14-11(12)9(6)8/h3-5H,1-2H3. The zero-order valence-corrected chi connectivity index (χ0v) is 11.5. The smallest absolute Gasteiger partial charge is 0.244 e. The molecule has 0 saturated heterocycles. The first kappa shape index (κ1) is 12.6. The first-order valence-electron chi connectivity index (χ1n) is 4.81. The quantitative estimate of drug-likeness (QED) is 0.597. The monoisotopic (exact) mass is 289 g/mol. The molecule has 1 aromatic carbocycles. The zero-order valence-electron chi connectivity index (χ0n) is 9.16. The fraction of sp³-hybridized carbons (Fsp3) is 0.182. The predicted molar refractivity (Wildman–Crippen MR) is 69.3 cm³/mol. The Balaban J connectivity index is 3.10. The summed E-state index contributed by atoms with van der Waals surface area (Å²) >= 11 is 5.99. The first-order valence-corrected chi connectivity index (χ1v) is 7.50. The summed E-state index contributed by atoms with van der Waals surface area (Å²) in [4.78, 5) is 4.05. The summed E-state index contributed by atoms with van der Waals surface area (Å²) in [5.41, 5.74) is 1.48. The van der Waals surface area contributed by atoms with Gasteiger partial charge in [-0.2, -0.15) is 0 Å². The van der Waals surface area contributed by atoms with E-state index in [1.165, 1.54) is 6.20 Å². The second-order valence-electron chi connectivity index (χ2n) is 3.80. The van der Waals surface area contributed by atoms with Gasteiger partial charge in [0.05, 0.1) is 4.90 Å². The van der Waals surface area contributed by atoms with Gasteiger partial charge in [0.25, 0.3) is 9.05 Å². The van der Waals surface area contributed by atoms with Crippen molar-refractivity contribution in [1.29, 1.82) is 0 Å². The second kappa shape index (κ2) is 4.12. The van der Waals surface area contributed by atoms with Gasteiger partial charge in [-0.15, -0.1) is 0 Å². The molecule has 17 heavy (non-hydrogen) atoms. The third-order valence-electron chi connectivity index (χ3n) is 2.58.